The van der Waals surface area contributed by atoms with Crippen LogP contribution in [0.2, 0.25) is 0 Å². The van der Waals surface area contributed by atoms with E-state index in [-0.39, 0.29) is 6.04 Å². The van der Waals surface area contributed by atoms with Gasteiger partial charge in [-0.25, -0.2) is 8.42 Å². The Hall–Kier alpha value is -1.28. The van der Waals surface area contributed by atoms with E-state index in [4.69, 9.17) is 4.74 Å². The molecule has 0 aliphatic carbocycles. The summed E-state index contributed by atoms with van der Waals surface area (Å²) in [5.41, 5.74) is -4.71. The van der Waals surface area contributed by atoms with Crippen molar-refractivity contribution in [3.05, 3.63) is 24.3 Å². The Labute approximate surface area is 114 Å². The molecule has 0 saturated carbocycles. The molecule has 20 heavy (non-hydrogen) atoms. The van der Waals surface area contributed by atoms with E-state index < -0.39 is 20.2 Å². The minimum atomic E-state index is -5.28. The average Bonchev–Trinajstić information content (AvgIpc) is 2.39. The molecular weight excluding hydrogens is 295 g/mol. The first-order chi connectivity index (χ1) is 9.30. The van der Waals surface area contributed by atoms with E-state index in [0.29, 0.717) is 18.9 Å². The summed E-state index contributed by atoms with van der Waals surface area (Å²) in [4.78, 5) is -0.754. The summed E-state index contributed by atoms with van der Waals surface area (Å²) in [6, 6.07) is 4.65. The fourth-order valence-corrected chi connectivity index (χ4v) is 2.72. The van der Waals surface area contributed by atoms with Gasteiger partial charge >= 0.3 is 5.51 Å². The number of alkyl halides is 3. The van der Waals surface area contributed by atoms with Crippen molar-refractivity contribution >= 4 is 15.5 Å². The van der Waals surface area contributed by atoms with Gasteiger partial charge in [0, 0.05) is 18.3 Å². The third-order valence-electron chi connectivity index (χ3n) is 3.00. The maximum atomic E-state index is 12.4. The van der Waals surface area contributed by atoms with Gasteiger partial charge < -0.3 is 10.1 Å². The topological polar surface area (TPSA) is 55.4 Å². The van der Waals surface area contributed by atoms with E-state index in [1.165, 1.54) is 12.1 Å². The van der Waals surface area contributed by atoms with Gasteiger partial charge in [0.2, 0.25) is 0 Å². The van der Waals surface area contributed by atoms with Gasteiger partial charge in [0.25, 0.3) is 9.84 Å². The second kappa shape index (κ2) is 5.61. The molecule has 1 N–H and O–H groups in total. The van der Waals surface area contributed by atoms with Gasteiger partial charge in [-0.1, -0.05) is 0 Å². The third kappa shape index (κ3) is 3.24. The zero-order valence-electron chi connectivity index (χ0n) is 10.5. The molecule has 1 aromatic carbocycles. The number of hydrogen-bond donors (Lipinski definition) is 1. The smallest absolute Gasteiger partial charge is 0.380 e. The molecule has 1 saturated heterocycles. The van der Waals surface area contributed by atoms with Crippen LogP contribution in [-0.2, 0) is 14.6 Å². The van der Waals surface area contributed by atoms with Crippen molar-refractivity contribution in [2.24, 2.45) is 0 Å². The van der Waals surface area contributed by atoms with Crippen molar-refractivity contribution in [1.29, 1.82) is 0 Å². The molecule has 0 radical (unpaired) electrons. The van der Waals surface area contributed by atoms with Crippen LogP contribution in [0, 0.1) is 0 Å². The van der Waals surface area contributed by atoms with Gasteiger partial charge in [-0.15, -0.1) is 0 Å². The number of sulfone groups is 1. The molecule has 1 unspecified atom stereocenters. The monoisotopic (exact) mass is 309 g/mol. The summed E-state index contributed by atoms with van der Waals surface area (Å²) >= 11 is 0. The molecule has 1 aliphatic heterocycles. The quantitative estimate of drug-likeness (QED) is 0.932. The van der Waals surface area contributed by atoms with Crippen molar-refractivity contribution in [2.75, 3.05) is 18.5 Å². The Kier molecular flexibility index (Phi) is 4.24. The van der Waals surface area contributed by atoms with Crippen LogP contribution in [0.25, 0.3) is 0 Å². The highest BCUT2D eigenvalue weighted by Gasteiger charge is 2.46. The maximum absolute atomic E-state index is 12.4. The van der Waals surface area contributed by atoms with E-state index in [1.807, 2.05) is 0 Å². The number of anilines is 1. The summed E-state index contributed by atoms with van der Waals surface area (Å²) < 4.78 is 64.8. The second-order valence-corrected chi connectivity index (χ2v) is 6.47. The molecule has 2 rings (SSSR count). The van der Waals surface area contributed by atoms with E-state index in [0.717, 1.165) is 25.0 Å². The van der Waals surface area contributed by atoms with Crippen LogP contribution in [0.4, 0.5) is 18.9 Å². The summed E-state index contributed by atoms with van der Waals surface area (Å²) in [5, 5.41) is 3.10. The predicted octanol–water partition coefficient (Wildman–Crippen LogP) is 2.57. The van der Waals surface area contributed by atoms with Crippen LogP contribution >= 0.6 is 0 Å². The summed E-state index contributed by atoms with van der Waals surface area (Å²) in [6.07, 6.45) is 1.82. The van der Waals surface area contributed by atoms with E-state index in [1.54, 1.807) is 0 Å². The molecule has 0 bridgehead atoms. The molecule has 1 aliphatic rings. The number of nitrogens with one attached hydrogen (secondary N) is 1. The molecular formula is C12H14F3NO3S. The third-order valence-corrected chi connectivity index (χ3v) is 4.50. The Morgan fingerprint density at radius 2 is 1.85 bits per heavy atom. The molecule has 0 spiro atoms. The van der Waals surface area contributed by atoms with Crippen LogP contribution in [0.1, 0.15) is 12.8 Å². The van der Waals surface area contributed by atoms with Gasteiger partial charge in [-0.05, 0) is 37.1 Å². The Morgan fingerprint density at radius 1 is 1.20 bits per heavy atom. The van der Waals surface area contributed by atoms with Crippen LogP contribution in [0.3, 0.4) is 0 Å². The van der Waals surface area contributed by atoms with Crippen LogP contribution < -0.4 is 5.32 Å². The van der Waals surface area contributed by atoms with Gasteiger partial charge in [0.15, 0.2) is 0 Å². The summed E-state index contributed by atoms with van der Waals surface area (Å²) in [7, 11) is -5.28. The highest BCUT2D eigenvalue weighted by Crippen LogP contribution is 2.30. The molecule has 1 fully saturated rings. The number of hydrogen-bond acceptors (Lipinski definition) is 4. The molecule has 4 nitrogen and oxygen atoms in total. The highest BCUT2D eigenvalue weighted by molar-refractivity contribution is 7.92. The SMILES string of the molecule is O=S(=O)(c1ccc(NC2CCCOC2)cc1)C(F)(F)F. The average molecular weight is 309 g/mol. The van der Waals surface area contributed by atoms with Crippen molar-refractivity contribution in [3.63, 3.8) is 0 Å². The van der Waals surface area contributed by atoms with E-state index in [2.05, 4.69) is 5.32 Å². The van der Waals surface area contributed by atoms with Gasteiger partial charge in [0.1, 0.15) is 0 Å². The van der Waals surface area contributed by atoms with Gasteiger partial charge in [-0.3, -0.25) is 0 Å². The highest BCUT2D eigenvalue weighted by atomic mass is 32.2. The molecule has 1 heterocycles. The Balaban J connectivity index is 2.10. The zero-order valence-corrected chi connectivity index (χ0v) is 11.3. The van der Waals surface area contributed by atoms with Crippen molar-refractivity contribution < 1.29 is 26.3 Å². The fraction of sp³-hybridized carbons (Fsp3) is 0.500. The Bertz CT molecular complexity index is 548. The fourth-order valence-electron chi connectivity index (χ4n) is 1.95. The van der Waals surface area contributed by atoms with E-state index in [9.17, 15) is 21.6 Å². The second-order valence-electron chi connectivity index (χ2n) is 4.53. The first-order valence-electron chi connectivity index (χ1n) is 6.06. The van der Waals surface area contributed by atoms with Crippen LogP contribution in [-0.4, -0.2) is 33.2 Å². The normalized spacial score (nSPS) is 20.6. The lowest BCUT2D eigenvalue weighted by molar-refractivity contribution is -0.0436. The van der Waals surface area contributed by atoms with Crippen molar-refractivity contribution in [1.82, 2.24) is 0 Å². The first-order valence-corrected chi connectivity index (χ1v) is 7.55. The number of halogens is 3. The lowest BCUT2D eigenvalue weighted by atomic mass is 10.1. The minimum absolute atomic E-state index is 0.0915. The van der Waals surface area contributed by atoms with Gasteiger partial charge in [-0.2, -0.15) is 13.2 Å². The number of ether oxygens (including phenoxy) is 1. The van der Waals surface area contributed by atoms with Crippen molar-refractivity contribution in [2.45, 2.75) is 29.3 Å². The maximum Gasteiger partial charge on any atom is 0.501 e. The predicted molar refractivity (Wildman–Crippen MR) is 67.1 cm³/mol. The molecule has 1 aromatic rings. The molecule has 1 atom stereocenters. The molecule has 8 heteroatoms. The van der Waals surface area contributed by atoms with E-state index >= 15 is 0 Å². The number of rotatable bonds is 3. The zero-order chi connectivity index (χ0) is 14.8. The minimum Gasteiger partial charge on any atom is -0.380 e. The largest absolute Gasteiger partial charge is 0.501 e. The summed E-state index contributed by atoms with van der Waals surface area (Å²) in [5.74, 6) is 0. The standard InChI is InChI=1S/C12H14F3NO3S/c13-12(14,15)20(17,18)11-5-3-9(4-6-11)16-10-2-1-7-19-8-10/h3-6,10,16H,1-2,7-8H2. The van der Waals surface area contributed by atoms with Crippen molar-refractivity contribution in [3.8, 4) is 0 Å². The molecule has 112 valence electrons. The van der Waals surface area contributed by atoms with Gasteiger partial charge in [0.05, 0.1) is 11.5 Å². The first kappa shape index (κ1) is 15.1. The lowest BCUT2D eigenvalue weighted by Crippen LogP contribution is -2.30. The number of benzene rings is 1. The molecule has 0 amide bonds. The lowest BCUT2D eigenvalue weighted by Gasteiger charge is -2.24. The van der Waals surface area contributed by atoms with Crippen LogP contribution in [0.15, 0.2) is 29.2 Å². The Morgan fingerprint density at radius 3 is 2.35 bits per heavy atom. The van der Waals surface area contributed by atoms with Crippen LogP contribution in [0.5, 0.6) is 0 Å². The molecule has 0 aromatic heterocycles. The summed E-state index contributed by atoms with van der Waals surface area (Å²) in [6.45, 7) is 1.24.